The zero-order valence-corrected chi connectivity index (χ0v) is 23.1. The van der Waals surface area contributed by atoms with E-state index in [9.17, 15) is 22.6 Å². The average Bonchev–Trinajstić information content (AvgIpc) is 3.03. The third-order valence-electron chi connectivity index (χ3n) is 3.81. The minimum absolute atomic E-state index is 0.165. The quantitative estimate of drug-likeness (QED) is 0.228. The summed E-state index contributed by atoms with van der Waals surface area (Å²) >= 11 is 33.6. The van der Waals surface area contributed by atoms with Crippen molar-refractivity contribution in [2.24, 2.45) is 0 Å². The van der Waals surface area contributed by atoms with Gasteiger partial charge in [0.2, 0.25) is 7.59 Å². The number of alkyl halides is 6. The smallest absolute Gasteiger partial charge is 0.349 e. The van der Waals surface area contributed by atoms with E-state index in [1.807, 2.05) is 4.98 Å². The van der Waals surface area contributed by atoms with Crippen LogP contribution in [-0.2, 0) is 37.2 Å². The minimum Gasteiger partial charge on any atom is -0.349 e. The molecule has 0 bridgehead atoms. The highest BCUT2D eigenvalue weighted by molar-refractivity contribution is 7.86. The van der Waals surface area contributed by atoms with Gasteiger partial charge in [-0.25, -0.2) is 9.36 Å². The second kappa shape index (κ2) is 11.8. The molecule has 12 nitrogen and oxygen atoms in total. The zero-order chi connectivity index (χ0) is 25.9. The normalized spacial score (nSPS) is 22.3. The first-order valence-electron chi connectivity index (χ1n) is 8.88. The first-order chi connectivity index (χ1) is 15.4. The molecule has 0 radical (unpaired) electrons. The van der Waals surface area contributed by atoms with Crippen molar-refractivity contribution in [2.45, 2.75) is 32.4 Å². The zero-order valence-electron chi connectivity index (χ0n) is 16.9. The molecule has 0 aromatic carbocycles. The second-order valence-corrected chi connectivity index (χ2v) is 15.0. The summed E-state index contributed by atoms with van der Waals surface area (Å²) in [7, 11) is -8.55. The highest BCUT2D eigenvalue weighted by Gasteiger charge is 2.43. The van der Waals surface area contributed by atoms with Crippen molar-refractivity contribution in [2.75, 3.05) is 26.1 Å². The molecule has 0 saturated carbocycles. The van der Waals surface area contributed by atoms with Crippen LogP contribution in [0.25, 0.3) is 0 Å². The Bertz CT molecular complexity index is 1100. The molecular weight excluding hydrogens is 632 g/mol. The number of ether oxygens (including phenoxy) is 1. The number of phosphoric ester groups is 1. The van der Waals surface area contributed by atoms with Gasteiger partial charge in [-0.1, -0.05) is 69.6 Å². The standard InChI is InChI=1S/C14H17Cl6N2O10PS/c1-34(26,27)32-8-4-11(22-3-2-10(23)21-12(22)24)31-9(8)5-28-33(25,29-6-13(15,16)17)30-7-14(18,19)20/h2-3,8-9,11H,4-7H2,1H3,(H,21,23,24)/t8-,9+,11+/m0/s1. The Morgan fingerprint density at radius 3 is 2.15 bits per heavy atom. The summed E-state index contributed by atoms with van der Waals surface area (Å²) in [5.74, 6) is 0. The van der Waals surface area contributed by atoms with Gasteiger partial charge in [0, 0.05) is 18.7 Å². The predicted molar refractivity (Wildman–Crippen MR) is 126 cm³/mol. The van der Waals surface area contributed by atoms with E-state index in [1.165, 1.54) is 0 Å². The van der Waals surface area contributed by atoms with Crippen molar-refractivity contribution in [3.05, 3.63) is 33.1 Å². The number of aromatic amines is 1. The molecule has 0 spiro atoms. The summed E-state index contributed by atoms with van der Waals surface area (Å²) in [6.07, 6.45) is -1.72. The molecule has 0 amide bonds. The lowest BCUT2D eigenvalue weighted by atomic mass is 10.2. The summed E-state index contributed by atoms with van der Waals surface area (Å²) in [4.78, 5) is 25.4. The van der Waals surface area contributed by atoms with E-state index in [-0.39, 0.29) is 6.42 Å². The van der Waals surface area contributed by atoms with Crippen molar-refractivity contribution < 1.29 is 35.5 Å². The van der Waals surface area contributed by atoms with Crippen molar-refractivity contribution in [3.8, 4) is 0 Å². The average molecular weight is 649 g/mol. The number of rotatable bonds is 10. The fourth-order valence-corrected chi connectivity index (χ4v) is 5.27. The van der Waals surface area contributed by atoms with Crippen LogP contribution in [-0.4, -0.2) is 63.8 Å². The number of H-pyrrole nitrogens is 1. The summed E-state index contributed by atoms with van der Waals surface area (Å²) in [5.41, 5.74) is -1.47. The molecule has 1 aromatic rings. The van der Waals surface area contributed by atoms with E-state index in [0.29, 0.717) is 0 Å². The van der Waals surface area contributed by atoms with Gasteiger partial charge in [0.05, 0.1) is 12.9 Å². The molecule has 3 atom stereocenters. The first kappa shape index (κ1) is 30.6. The number of halogens is 6. The fourth-order valence-electron chi connectivity index (χ4n) is 2.58. The van der Waals surface area contributed by atoms with Crippen LogP contribution in [0.3, 0.4) is 0 Å². The maximum atomic E-state index is 13.0. The van der Waals surface area contributed by atoms with Crippen molar-refractivity contribution >= 4 is 87.5 Å². The van der Waals surface area contributed by atoms with Gasteiger partial charge in [-0.05, 0) is 0 Å². The van der Waals surface area contributed by atoms with Crippen LogP contribution < -0.4 is 11.2 Å². The summed E-state index contributed by atoms with van der Waals surface area (Å²) in [5, 5.41) is 0. The van der Waals surface area contributed by atoms with Crippen molar-refractivity contribution in [3.63, 3.8) is 0 Å². The molecule has 1 aromatic heterocycles. The number of aromatic nitrogens is 2. The number of hydrogen-bond acceptors (Lipinski definition) is 10. The summed E-state index contributed by atoms with van der Waals surface area (Å²) in [6, 6.07) is 1.06. The molecule has 34 heavy (non-hydrogen) atoms. The minimum atomic E-state index is -4.56. The Morgan fingerprint density at radius 2 is 1.68 bits per heavy atom. The van der Waals surface area contributed by atoms with E-state index in [4.69, 9.17) is 92.1 Å². The molecule has 1 fully saturated rings. The molecule has 2 heterocycles. The first-order valence-corrected chi connectivity index (χ1v) is 14.4. The maximum Gasteiger partial charge on any atom is 0.475 e. The van der Waals surface area contributed by atoms with E-state index >= 15 is 0 Å². The van der Waals surface area contributed by atoms with Crippen LogP contribution in [0.2, 0.25) is 0 Å². The Kier molecular flexibility index (Phi) is 10.7. The van der Waals surface area contributed by atoms with Gasteiger partial charge >= 0.3 is 13.5 Å². The van der Waals surface area contributed by atoms with Gasteiger partial charge in [0.1, 0.15) is 31.6 Å². The summed E-state index contributed by atoms with van der Waals surface area (Å²) in [6.45, 7) is -2.15. The molecule has 20 heteroatoms. The molecule has 0 unspecified atom stereocenters. The van der Waals surface area contributed by atoms with Crippen molar-refractivity contribution in [1.29, 1.82) is 0 Å². The molecule has 1 aliphatic rings. The third kappa shape index (κ3) is 10.8. The lowest BCUT2D eigenvalue weighted by Gasteiger charge is -2.24. The van der Waals surface area contributed by atoms with E-state index in [1.54, 1.807) is 0 Å². The lowest BCUT2D eigenvalue weighted by Crippen LogP contribution is -2.32. The number of hydrogen-bond donors (Lipinski definition) is 1. The molecular formula is C14H17Cl6N2O10PS. The van der Waals surface area contributed by atoms with Gasteiger partial charge in [-0.2, -0.15) is 8.42 Å². The van der Waals surface area contributed by atoms with Crippen molar-refractivity contribution in [1.82, 2.24) is 9.55 Å². The topological polar surface area (TPSA) is 152 Å². The van der Waals surface area contributed by atoms with Crippen LogP contribution in [0.15, 0.2) is 21.9 Å². The van der Waals surface area contributed by atoms with Gasteiger partial charge in [-0.15, -0.1) is 0 Å². The molecule has 1 N–H and O–H groups in total. The summed E-state index contributed by atoms with van der Waals surface area (Å²) < 4.78 is 59.1. The number of nitrogens with one attached hydrogen (secondary N) is 1. The molecule has 196 valence electrons. The monoisotopic (exact) mass is 646 g/mol. The predicted octanol–water partition coefficient (Wildman–Crippen LogP) is 3.07. The van der Waals surface area contributed by atoms with Gasteiger partial charge in [0.15, 0.2) is 0 Å². The molecule has 1 aliphatic heterocycles. The van der Waals surface area contributed by atoms with E-state index in [2.05, 4.69) is 0 Å². The fraction of sp³-hybridized carbons (Fsp3) is 0.714. The van der Waals surface area contributed by atoms with Gasteiger partial charge in [-0.3, -0.25) is 32.1 Å². The molecule has 0 aliphatic carbocycles. The molecule has 1 saturated heterocycles. The van der Waals surface area contributed by atoms with Crippen LogP contribution in [0, 0.1) is 0 Å². The Morgan fingerprint density at radius 1 is 1.12 bits per heavy atom. The van der Waals surface area contributed by atoms with Crippen LogP contribution >= 0.6 is 77.4 Å². The lowest BCUT2D eigenvalue weighted by molar-refractivity contribution is -0.0436. The number of nitrogens with zero attached hydrogens (tertiary/aromatic N) is 1. The van der Waals surface area contributed by atoms with Crippen LogP contribution in [0.1, 0.15) is 12.6 Å². The van der Waals surface area contributed by atoms with E-state index < -0.39 is 75.0 Å². The highest BCUT2D eigenvalue weighted by Crippen LogP contribution is 2.53. The van der Waals surface area contributed by atoms with Gasteiger partial charge in [0.25, 0.3) is 15.7 Å². The maximum absolute atomic E-state index is 13.0. The van der Waals surface area contributed by atoms with Gasteiger partial charge < -0.3 is 4.74 Å². The Labute approximate surface area is 223 Å². The van der Waals surface area contributed by atoms with Crippen LogP contribution in [0.4, 0.5) is 0 Å². The Hall–Kier alpha value is 0.400. The number of phosphoric acid groups is 1. The third-order valence-corrected chi connectivity index (χ3v) is 6.42. The SMILES string of the molecule is CS(=O)(=O)O[C@H]1C[C@H](n2ccc(=O)[nH]c2=O)O[C@@H]1COP(=O)(OCC(Cl)(Cl)Cl)OCC(Cl)(Cl)Cl. The largest absolute Gasteiger partial charge is 0.475 e. The van der Waals surface area contributed by atoms with E-state index in [0.717, 1.165) is 23.1 Å². The second-order valence-electron chi connectivity index (χ2n) is 6.74. The highest BCUT2D eigenvalue weighted by atomic mass is 35.6. The molecule has 2 rings (SSSR count). The van der Waals surface area contributed by atoms with Crippen LogP contribution in [0.5, 0.6) is 0 Å². The Balaban J connectivity index is 2.22.